The fourth-order valence-electron chi connectivity index (χ4n) is 4.14. The van der Waals surface area contributed by atoms with Crippen LogP contribution < -0.4 is 5.32 Å². The van der Waals surface area contributed by atoms with E-state index in [1.54, 1.807) is 12.3 Å². The van der Waals surface area contributed by atoms with Gasteiger partial charge in [0.05, 0.1) is 27.3 Å². The van der Waals surface area contributed by atoms with Crippen LogP contribution >= 0.6 is 11.6 Å². The summed E-state index contributed by atoms with van der Waals surface area (Å²) in [6, 6.07) is 2.96. The Morgan fingerprint density at radius 3 is 2.70 bits per heavy atom. The van der Waals surface area contributed by atoms with Gasteiger partial charge < -0.3 is 14.8 Å². The molecular formula is C22H28ClFN6. The summed E-state index contributed by atoms with van der Waals surface area (Å²) in [5.41, 5.74) is 2.98. The summed E-state index contributed by atoms with van der Waals surface area (Å²) in [7, 11) is 4.05. The van der Waals surface area contributed by atoms with Crippen molar-refractivity contribution in [3.63, 3.8) is 0 Å². The molecular weight excluding hydrogens is 403 g/mol. The molecule has 1 aromatic carbocycles. The van der Waals surface area contributed by atoms with Gasteiger partial charge in [-0.3, -0.25) is 0 Å². The van der Waals surface area contributed by atoms with Gasteiger partial charge in [-0.1, -0.05) is 11.6 Å². The topological polar surface area (TPSA) is 58.9 Å². The van der Waals surface area contributed by atoms with Crippen molar-refractivity contribution in [1.82, 2.24) is 24.4 Å². The van der Waals surface area contributed by atoms with E-state index in [9.17, 15) is 4.39 Å². The highest BCUT2D eigenvalue weighted by atomic mass is 35.5. The first-order chi connectivity index (χ1) is 14.4. The number of hydrogen-bond donors (Lipinski definition) is 1. The molecule has 3 heterocycles. The van der Waals surface area contributed by atoms with Gasteiger partial charge in [0.25, 0.3) is 0 Å². The Labute approximate surface area is 181 Å². The molecule has 2 aromatic heterocycles. The van der Waals surface area contributed by atoms with Crippen molar-refractivity contribution >= 4 is 28.6 Å². The molecule has 0 saturated carbocycles. The molecule has 1 aliphatic rings. The zero-order valence-electron chi connectivity index (χ0n) is 17.8. The summed E-state index contributed by atoms with van der Waals surface area (Å²) in [5, 5.41) is 3.41. The summed E-state index contributed by atoms with van der Waals surface area (Å²) in [6.45, 7) is 5.23. The number of likely N-dealkylation sites (tertiary alicyclic amines) is 1. The van der Waals surface area contributed by atoms with Crippen molar-refractivity contribution in [2.75, 3.05) is 32.0 Å². The summed E-state index contributed by atoms with van der Waals surface area (Å²) >= 11 is 5.90. The highest BCUT2D eigenvalue weighted by Crippen LogP contribution is 2.28. The SMILES string of the molecule is Cc1nc(NCCCC2CCN(C)CC2)ncc1-c1nc2cc(Cl)c(F)cc2n1C. The summed E-state index contributed by atoms with van der Waals surface area (Å²) in [5.74, 6) is 1.71. The predicted octanol–water partition coefficient (Wildman–Crippen LogP) is 4.67. The molecule has 8 heteroatoms. The van der Waals surface area contributed by atoms with Gasteiger partial charge in [0.15, 0.2) is 0 Å². The van der Waals surface area contributed by atoms with Gasteiger partial charge in [-0.25, -0.2) is 19.3 Å². The van der Waals surface area contributed by atoms with Crippen LogP contribution in [0.5, 0.6) is 0 Å². The number of benzene rings is 1. The van der Waals surface area contributed by atoms with Crippen molar-refractivity contribution < 1.29 is 4.39 Å². The highest BCUT2D eigenvalue weighted by molar-refractivity contribution is 6.31. The average Bonchev–Trinajstić information content (AvgIpc) is 3.02. The van der Waals surface area contributed by atoms with E-state index in [-0.39, 0.29) is 5.02 Å². The number of fused-ring (bicyclic) bond motifs is 1. The maximum atomic E-state index is 13.8. The molecule has 1 aliphatic heterocycles. The lowest BCUT2D eigenvalue weighted by atomic mass is 9.92. The second-order valence-corrected chi connectivity index (χ2v) is 8.67. The van der Waals surface area contributed by atoms with Crippen molar-refractivity contribution in [1.29, 1.82) is 0 Å². The Hall–Kier alpha value is -2.25. The molecule has 0 spiro atoms. The van der Waals surface area contributed by atoms with Crippen LogP contribution in [0.1, 0.15) is 31.4 Å². The molecule has 6 nitrogen and oxygen atoms in total. The normalized spacial score (nSPS) is 15.8. The van der Waals surface area contributed by atoms with Crippen LogP contribution in [-0.4, -0.2) is 51.1 Å². The molecule has 0 bridgehead atoms. The Morgan fingerprint density at radius 1 is 1.20 bits per heavy atom. The Bertz CT molecular complexity index is 1040. The molecule has 0 unspecified atom stereocenters. The van der Waals surface area contributed by atoms with E-state index in [2.05, 4.69) is 32.2 Å². The maximum Gasteiger partial charge on any atom is 0.222 e. The zero-order valence-corrected chi connectivity index (χ0v) is 18.5. The third-order valence-corrected chi connectivity index (χ3v) is 6.34. The van der Waals surface area contributed by atoms with E-state index in [1.807, 2.05) is 18.5 Å². The monoisotopic (exact) mass is 430 g/mol. The smallest absolute Gasteiger partial charge is 0.222 e. The summed E-state index contributed by atoms with van der Waals surface area (Å²) in [4.78, 5) is 16.1. The number of aryl methyl sites for hydroxylation is 2. The number of halogens is 2. The lowest BCUT2D eigenvalue weighted by molar-refractivity contribution is 0.211. The fourth-order valence-corrected chi connectivity index (χ4v) is 4.30. The van der Waals surface area contributed by atoms with E-state index in [4.69, 9.17) is 11.6 Å². The van der Waals surface area contributed by atoms with Crippen molar-refractivity contribution in [2.45, 2.75) is 32.6 Å². The zero-order chi connectivity index (χ0) is 21.3. The molecule has 160 valence electrons. The van der Waals surface area contributed by atoms with E-state index in [1.165, 1.54) is 38.4 Å². The van der Waals surface area contributed by atoms with E-state index < -0.39 is 5.82 Å². The van der Waals surface area contributed by atoms with Crippen molar-refractivity contribution in [2.24, 2.45) is 13.0 Å². The van der Waals surface area contributed by atoms with Gasteiger partial charge in [0.1, 0.15) is 11.6 Å². The second-order valence-electron chi connectivity index (χ2n) is 8.26. The molecule has 0 amide bonds. The van der Waals surface area contributed by atoms with Crippen molar-refractivity contribution in [3.05, 3.63) is 34.9 Å². The molecule has 30 heavy (non-hydrogen) atoms. The van der Waals surface area contributed by atoms with Crippen molar-refractivity contribution in [3.8, 4) is 11.4 Å². The third-order valence-electron chi connectivity index (χ3n) is 6.05. The molecule has 3 aromatic rings. The van der Waals surface area contributed by atoms with Gasteiger partial charge in [-0.05, 0) is 64.7 Å². The molecule has 4 rings (SSSR count). The Balaban J connectivity index is 1.41. The Kier molecular flexibility index (Phi) is 6.20. The number of aromatic nitrogens is 4. The second kappa shape index (κ2) is 8.86. The number of nitrogens with one attached hydrogen (secondary N) is 1. The van der Waals surface area contributed by atoms with E-state index in [0.29, 0.717) is 22.8 Å². The van der Waals surface area contributed by atoms with Gasteiger partial charge in [0, 0.05) is 25.9 Å². The van der Waals surface area contributed by atoms with Gasteiger partial charge in [-0.15, -0.1) is 0 Å². The first kappa shape index (κ1) is 21.0. The highest BCUT2D eigenvalue weighted by Gasteiger charge is 2.17. The van der Waals surface area contributed by atoms with Crippen LogP contribution in [0.15, 0.2) is 18.3 Å². The lowest BCUT2D eigenvalue weighted by Crippen LogP contribution is -2.30. The number of imidazole rings is 1. The molecule has 0 aliphatic carbocycles. The van der Waals surface area contributed by atoms with Crippen LogP contribution in [0, 0.1) is 18.7 Å². The number of nitrogens with zero attached hydrogens (tertiary/aromatic N) is 5. The molecule has 0 atom stereocenters. The van der Waals surface area contributed by atoms with Gasteiger partial charge in [-0.2, -0.15) is 0 Å². The summed E-state index contributed by atoms with van der Waals surface area (Å²) < 4.78 is 15.7. The van der Waals surface area contributed by atoms with Crippen LogP contribution in [0.2, 0.25) is 5.02 Å². The number of hydrogen-bond acceptors (Lipinski definition) is 5. The van der Waals surface area contributed by atoms with Crippen LogP contribution in [0.4, 0.5) is 10.3 Å². The first-order valence-electron chi connectivity index (χ1n) is 10.5. The third kappa shape index (κ3) is 4.42. The standard InChI is InChI=1S/C22H28ClFN6/c1-14-16(21-28-19-11-17(23)18(24)12-20(19)30(21)3)13-26-22(27-14)25-8-4-5-15-6-9-29(2)10-7-15/h11-13,15H,4-10H2,1-3H3,(H,25,26,27). The van der Waals surface area contributed by atoms with Crippen LogP contribution in [-0.2, 0) is 7.05 Å². The van der Waals surface area contributed by atoms with E-state index in [0.717, 1.165) is 30.1 Å². The van der Waals surface area contributed by atoms with Crippen LogP contribution in [0.3, 0.4) is 0 Å². The van der Waals surface area contributed by atoms with Gasteiger partial charge >= 0.3 is 0 Å². The molecule has 1 N–H and O–H groups in total. The van der Waals surface area contributed by atoms with Crippen LogP contribution in [0.25, 0.3) is 22.4 Å². The predicted molar refractivity (Wildman–Crippen MR) is 119 cm³/mol. The average molecular weight is 431 g/mol. The molecule has 1 saturated heterocycles. The molecule has 0 radical (unpaired) electrons. The lowest BCUT2D eigenvalue weighted by Gasteiger charge is -2.28. The Morgan fingerprint density at radius 2 is 1.97 bits per heavy atom. The maximum absolute atomic E-state index is 13.8. The minimum absolute atomic E-state index is 0.0694. The largest absolute Gasteiger partial charge is 0.354 e. The number of piperidine rings is 1. The van der Waals surface area contributed by atoms with Gasteiger partial charge in [0.2, 0.25) is 5.95 Å². The minimum Gasteiger partial charge on any atom is -0.354 e. The summed E-state index contributed by atoms with van der Waals surface area (Å²) in [6.07, 6.45) is 6.75. The molecule has 1 fully saturated rings. The number of rotatable bonds is 6. The first-order valence-corrected chi connectivity index (χ1v) is 10.9. The van der Waals surface area contributed by atoms with E-state index >= 15 is 0 Å². The minimum atomic E-state index is -0.452. The quantitative estimate of drug-likeness (QED) is 0.576. The number of anilines is 1. The fraction of sp³-hybridized carbons (Fsp3) is 0.500.